The molecule has 0 spiro atoms. The van der Waals surface area contributed by atoms with Crippen molar-refractivity contribution in [2.45, 2.75) is 25.7 Å². The van der Waals surface area contributed by atoms with E-state index in [1.807, 2.05) is 24.4 Å². The van der Waals surface area contributed by atoms with Crippen molar-refractivity contribution in [2.24, 2.45) is 5.92 Å². The van der Waals surface area contributed by atoms with Crippen molar-refractivity contribution in [1.29, 1.82) is 0 Å². The lowest BCUT2D eigenvalue weighted by atomic mass is 9.95. The zero-order valence-corrected chi connectivity index (χ0v) is 16.4. The van der Waals surface area contributed by atoms with Crippen LogP contribution in [-0.2, 0) is 0 Å². The third-order valence-corrected chi connectivity index (χ3v) is 5.46. The van der Waals surface area contributed by atoms with E-state index in [-0.39, 0.29) is 0 Å². The monoisotopic (exact) mass is 376 g/mol. The van der Waals surface area contributed by atoms with Gasteiger partial charge in [-0.05, 0) is 62.9 Å². The molecule has 0 radical (unpaired) electrons. The van der Waals surface area contributed by atoms with Crippen LogP contribution in [0, 0.1) is 5.92 Å². The summed E-state index contributed by atoms with van der Waals surface area (Å²) < 4.78 is 5.17. The van der Waals surface area contributed by atoms with Crippen molar-refractivity contribution >= 4 is 16.6 Å². The first-order valence-electron chi connectivity index (χ1n) is 10.2. The highest BCUT2D eigenvalue weighted by Gasteiger charge is 2.12. The average molecular weight is 377 g/mol. The van der Waals surface area contributed by atoms with Gasteiger partial charge in [-0.25, -0.2) is 9.97 Å². The summed E-state index contributed by atoms with van der Waals surface area (Å²) in [7, 11) is 1.63. The van der Waals surface area contributed by atoms with Crippen LogP contribution in [0.15, 0.2) is 48.7 Å². The number of aromatic nitrogens is 2. The number of nitrogens with one attached hydrogen (secondary N) is 2. The number of ether oxygens (including phenoxy) is 1. The topological polar surface area (TPSA) is 59.1 Å². The predicted octanol–water partition coefficient (Wildman–Crippen LogP) is 4.50. The molecule has 0 aliphatic carbocycles. The maximum Gasteiger partial charge on any atom is 0.212 e. The molecule has 4 rings (SSSR count). The van der Waals surface area contributed by atoms with Crippen LogP contribution in [0.2, 0.25) is 0 Å². The fourth-order valence-corrected chi connectivity index (χ4v) is 3.91. The molecule has 2 aromatic heterocycles. The molecule has 1 aliphatic heterocycles. The minimum Gasteiger partial charge on any atom is -0.481 e. The molecule has 1 aliphatic rings. The molecule has 2 N–H and O–H groups in total. The Morgan fingerprint density at radius 2 is 2.14 bits per heavy atom. The van der Waals surface area contributed by atoms with Crippen LogP contribution in [0.25, 0.3) is 22.2 Å². The van der Waals surface area contributed by atoms with E-state index in [0.717, 1.165) is 40.3 Å². The Kier molecular flexibility index (Phi) is 6.02. The van der Waals surface area contributed by atoms with Crippen LogP contribution in [0.1, 0.15) is 25.7 Å². The summed E-state index contributed by atoms with van der Waals surface area (Å²) in [4.78, 5) is 9.16. The van der Waals surface area contributed by atoms with E-state index >= 15 is 0 Å². The number of rotatable bonds is 7. The second-order valence-electron chi connectivity index (χ2n) is 7.44. The van der Waals surface area contributed by atoms with E-state index in [1.54, 1.807) is 7.11 Å². The van der Waals surface area contributed by atoms with Gasteiger partial charge in [0.05, 0.1) is 18.3 Å². The Morgan fingerprint density at radius 1 is 1.21 bits per heavy atom. The molecule has 3 aromatic rings. The molecule has 5 heteroatoms. The van der Waals surface area contributed by atoms with E-state index in [0.29, 0.717) is 5.88 Å². The Labute approximate surface area is 166 Å². The molecular formula is C23H28N4O. The van der Waals surface area contributed by atoms with E-state index in [1.165, 1.54) is 38.8 Å². The predicted molar refractivity (Wildman–Crippen MR) is 115 cm³/mol. The second kappa shape index (κ2) is 9.02. The Bertz CT molecular complexity index is 904. The van der Waals surface area contributed by atoms with Gasteiger partial charge in [-0.3, -0.25) is 0 Å². The lowest BCUT2D eigenvalue weighted by Crippen LogP contribution is -2.29. The summed E-state index contributed by atoms with van der Waals surface area (Å²) in [5.74, 6) is 1.44. The standard InChI is InChI=1S/C23H28N4O/c1-28-23-11-10-18(16-26-23)21-14-22(19-8-2-3-9-20(19)27-21)25-13-5-7-17-6-4-12-24-15-17/h2-3,8-11,14,16-17,24H,4-7,12-13,15H2,1H3,(H,25,27). The quantitative estimate of drug-likeness (QED) is 0.595. The summed E-state index contributed by atoms with van der Waals surface area (Å²) in [6.45, 7) is 3.33. The normalized spacial score (nSPS) is 16.8. The maximum atomic E-state index is 5.17. The molecule has 1 fully saturated rings. The van der Waals surface area contributed by atoms with Crippen LogP contribution in [-0.4, -0.2) is 36.7 Å². The zero-order chi connectivity index (χ0) is 19.2. The molecule has 28 heavy (non-hydrogen) atoms. The van der Waals surface area contributed by atoms with E-state index < -0.39 is 0 Å². The Hall–Kier alpha value is -2.66. The van der Waals surface area contributed by atoms with Gasteiger partial charge in [0.1, 0.15) is 0 Å². The van der Waals surface area contributed by atoms with Crippen molar-refractivity contribution in [3.8, 4) is 17.1 Å². The number of nitrogens with zero attached hydrogens (tertiary/aromatic N) is 2. The fourth-order valence-electron chi connectivity index (χ4n) is 3.91. The molecule has 5 nitrogen and oxygen atoms in total. The highest BCUT2D eigenvalue weighted by atomic mass is 16.5. The summed E-state index contributed by atoms with van der Waals surface area (Å²) in [6.07, 6.45) is 6.95. The summed E-state index contributed by atoms with van der Waals surface area (Å²) in [5.41, 5.74) is 4.05. The molecule has 1 unspecified atom stereocenters. The first-order valence-corrected chi connectivity index (χ1v) is 10.2. The number of fused-ring (bicyclic) bond motifs is 1. The number of hydrogen-bond acceptors (Lipinski definition) is 5. The lowest BCUT2D eigenvalue weighted by Gasteiger charge is -2.22. The molecule has 0 bridgehead atoms. The smallest absolute Gasteiger partial charge is 0.212 e. The molecule has 0 amide bonds. The minimum absolute atomic E-state index is 0.611. The van der Waals surface area contributed by atoms with Crippen LogP contribution in [0.3, 0.4) is 0 Å². The summed E-state index contributed by atoms with van der Waals surface area (Å²) >= 11 is 0. The summed E-state index contributed by atoms with van der Waals surface area (Å²) in [6, 6.07) is 14.3. The van der Waals surface area contributed by atoms with Gasteiger partial charge in [0.25, 0.3) is 0 Å². The third kappa shape index (κ3) is 4.42. The number of anilines is 1. The van der Waals surface area contributed by atoms with Gasteiger partial charge in [0, 0.05) is 35.4 Å². The van der Waals surface area contributed by atoms with Gasteiger partial charge >= 0.3 is 0 Å². The number of benzene rings is 1. The third-order valence-electron chi connectivity index (χ3n) is 5.46. The van der Waals surface area contributed by atoms with Crippen molar-refractivity contribution in [2.75, 3.05) is 32.1 Å². The molecule has 1 aromatic carbocycles. The first-order chi connectivity index (χ1) is 13.8. The lowest BCUT2D eigenvalue weighted by molar-refractivity contribution is 0.353. The second-order valence-corrected chi connectivity index (χ2v) is 7.44. The number of hydrogen-bond donors (Lipinski definition) is 2. The van der Waals surface area contributed by atoms with Crippen LogP contribution in [0.5, 0.6) is 5.88 Å². The number of pyridine rings is 2. The Morgan fingerprint density at radius 3 is 2.93 bits per heavy atom. The Balaban J connectivity index is 1.50. The average Bonchev–Trinajstić information content (AvgIpc) is 2.77. The fraction of sp³-hybridized carbons (Fsp3) is 0.391. The van der Waals surface area contributed by atoms with Crippen LogP contribution >= 0.6 is 0 Å². The zero-order valence-electron chi connectivity index (χ0n) is 16.4. The highest BCUT2D eigenvalue weighted by molar-refractivity contribution is 5.93. The van der Waals surface area contributed by atoms with Crippen molar-refractivity contribution in [3.63, 3.8) is 0 Å². The number of para-hydroxylation sites is 1. The molecule has 1 atom stereocenters. The van der Waals surface area contributed by atoms with Crippen molar-refractivity contribution < 1.29 is 4.74 Å². The van der Waals surface area contributed by atoms with Gasteiger partial charge in [-0.1, -0.05) is 18.2 Å². The van der Waals surface area contributed by atoms with Crippen LogP contribution < -0.4 is 15.4 Å². The highest BCUT2D eigenvalue weighted by Crippen LogP contribution is 2.28. The molecule has 0 saturated carbocycles. The van der Waals surface area contributed by atoms with Gasteiger partial charge in [-0.2, -0.15) is 0 Å². The summed E-state index contributed by atoms with van der Waals surface area (Å²) in [5, 5.41) is 8.32. The van der Waals surface area contributed by atoms with E-state index in [2.05, 4.69) is 39.9 Å². The largest absolute Gasteiger partial charge is 0.481 e. The van der Waals surface area contributed by atoms with Crippen molar-refractivity contribution in [1.82, 2.24) is 15.3 Å². The van der Waals surface area contributed by atoms with Gasteiger partial charge < -0.3 is 15.4 Å². The number of piperidine rings is 1. The molecule has 146 valence electrons. The van der Waals surface area contributed by atoms with Gasteiger partial charge in [0.2, 0.25) is 5.88 Å². The SMILES string of the molecule is COc1ccc(-c2cc(NCCCC3CCCNC3)c3ccccc3n2)cn1. The molecular weight excluding hydrogens is 348 g/mol. The van der Waals surface area contributed by atoms with Crippen molar-refractivity contribution in [3.05, 3.63) is 48.7 Å². The molecule has 1 saturated heterocycles. The maximum absolute atomic E-state index is 5.17. The van der Waals surface area contributed by atoms with E-state index in [4.69, 9.17) is 9.72 Å². The van der Waals surface area contributed by atoms with E-state index in [9.17, 15) is 0 Å². The van der Waals surface area contributed by atoms with Gasteiger partial charge in [0.15, 0.2) is 0 Å². The first kappa shape index (κ1) is 18.7. The molecule has 3 heterocycles. The number of methoxy groups -OCH3 is 1. The minimum atomic E-state index is 0.611. The van der Waals surface area contributed by atoms with Gasteiger partial charge in [-0.15, -0.1) is 0 Å². The van der Waals surface area contributed by atoms with Crippen LogP contribution in [0.4, 0.5) is 5.69 Å².